The molecule has 0 saturated heterocycles. The van der Waals surface area contributed by atoms with Crippen molar-refractivity contribution in [3.8, 4) is 5.88 Å². The Balaban J connectivity index is 2.12. The summed E-state index contributed by atoms with van der Waals surface area (Å²) in [6.07, 6.45) is 0.850. The van der Waals surface area contributed by atoms with Crippen LogP contribution < -0.4 is 5.32 Å². The lowest BCUT2D eigenvalue weighted by atomic mass is 10.2. The van der Waals surface area contributed by atoms with Crippen LogP contribution in [0.4, 0.5) is 5.69 Å². The summed E-state index contributed by atoms with van der Waals surface area (Å²) in [5.74, 6) is 0.525. The third kappa shape index (κ3) is 5.24. The summed E-state index contributed by atoms with van der Waals surface area (Å²) in [5.41, 5.74) is 1.40. The van der Waals surface area contributed by atoms with Crippen LogP contribution in [0.25, 0.3) is 10.9 Å². The molecule has 0 aliphatic rings. The third-order valence-electron chi connectivity index (χ3n) is 3.65. The first-order valence-electron chi connectivity index (χ1n) is 8.62. The number of benzene rings is 1. The minimum absolute atomic E-state index is 0.123. The van der Waals surface area contributed by atoms with Crippen molar-refractivity contribution in [2.24, 2.45) is 16.1 Å². The van der Waals surface area contributed by atoms with E-state index in [2.05, 4.69) is 29.4 Å². The highest BCUT2D eigenvalue weighted by atomic mass is 32.1. The average molecular weight is 362 g/mol. The molecule has 1 aromatic carbocycles. The van der Waals surface area contributed by atoms with Crippen molar-refractivity contribution in [2.75, 3.05) is 19.8 Å². The Labute approximate surface area is 153 Å². The molecule has 136 valence electrons. The van der Waals surface area contributed by atoms with Crippen molar-refractivity contribution in [2.45, 2.75) is 33.7 Å². The number of hydrogen-bond donors (Lipinski definition) is 2. The fraction of sp³-hybridized carbons (Fsp3) is 0.500. The normalized spacial score (nSPS) is 11.7. The zero-order valence-corrected chi connectivity index (χ0v) is 15.8. The van der Waals surface area contributed by atoms with Crippen molar-refractivity contribution >= 4 is 33.9 Å². The van der Waals surface area contributed by atoms with Gasteiger partial charge in [0.15, 0.2) is 5.69 Å². The minimum atomic E-state index is 0.123. The Morgan fingerprint density at radius 1 is 1.36 bits per heavy atom. The molecule has 0 spiro atoms. The number of aromatic hydroxyl groups is 1. The number of aromatic nitrogens is 1. The fourth-order valence-corrected chi connectivity index (χ4v) is 2.71. The lowest BCUT2D eigenvalue weighted by molar-refractivity contribution is 0.146. The van der Waals surface area contributed by atoms with E-state index in [-0.39, 0.29) is 5.88 Å². The molecule has 0 aliphatic carbocycles. The molecular weight excluding hydrogens is 336 g/mol. The molecule has 0 fully saturated rings. The first-order valence-corrected chi connectivity index (χ1v) is 9.02. The maximum absolute atomic E-state index is 10.6. The molecule has 0 bridgehead atoms. The van der Waals surface area contributed by atoms with Gasteiger partial charge in [0.05, 0.1) is 5.52 Å². The van der Waals surface area contributed by atoms with Crippen LogP contribution in [0.3, 0.4) is 0 Å². The number of ether oxygens (including phenoxy) is 1. The molecule has 0 unspecified atom stereocenters. The van der Waals surface area contributed by atoms with E-state index in [9.17, 15) is 5.11 Å². The maximum atomic E-state index is 10.6. The van der Waals surface area contributed by atoms with E-state index >= 15 is 0 Å². The Kier molecular flexibility index (Phi) is 7.33. The summed E-state index contributed by atoms with van der Waals surface area (Å²) in [5, 5.41) is 23.0. The van der Waals surface area contributed by atoms with Crippen molar-refractivity contribution in [1.29, 1.82) is 0 Å². The van der Waals surface area contributed by atoms with Crippen LogP contribution in [-0.4, -0.2) is 34.5 Å². The van der Waals surface area contributed by atoms with E-state index in [4.69, 9.17) is 17.0 Å². The molecule has 0 amide bonds. The van der Waals surface area contributed by atoms with Gasteiger partial charge in [0, 0.05) is 31.7 Å². The number of azo groups is 1. The molecule has 2 rings (SSSR count). The number of fused-ring (bicyclic) bond motifs is 1. The van der Waals surface area contributed by atoms with Crippen LogP contribution in [0, 0.1) is 5.92 Å². The number of nitrogens with one attached hydrogen (secondary N) is 1. The molecule has 2 N–H and O–H groups in total. The Bertz CT molecular complexity index is 740. The highest BCUT2D eigenvalue weighted by Crippen LogP contribution is 2.39. The molecule has 2 aromatic rings. The second-order valence-electron chi connectivity index (χ2n) is 6.18. The molecule has 25 heavy (non-hydrogen) atoms. The predicted molar refractivity (Wildman–Crippen MR) is 105 cm³/mol. The smallest absolute Gasteiger partial charge is 0.220 e. The standard InChI is InChI=1S/C18H26N4O2S/c1-4-24-11-7-10-19-18(25)21-20-16-14-8-5-6-9-15(14)22(17(16)23)12-13(2)3/h5-6,8-9,13,23H,4,7,10-12H2,1-3H3,(H,19,25). The number of para-hydroxylation sites is 1. The number of thiocarbonyl (C=S) groups is 1. The van der Waals surface area contributed by atoms with Gasteiger partial charge in [-0.1, -0.05) is 32.0 Å². The first kappa shape index (κ1) is 19.3. The molecule has 6 nitrogen and oxygen atoms in total. The molecule has 7 heteroatoms. The van der Waals surface area contributed by atoms with Gasteiger partial charge in [0.1, 0.15) is 0 Å². The van der Waals surface area contributed by atoms with Gasteiger partial charge in [0.25, 0.3) is 0 Å². The molecule has 1 heterocycles. The summed E-state index contributed by atoms with van der Waals surface area (Å²) in [7, 11) is 0. The second kappa shape index (κ2) is 9.48. The monoisotopic (exact) mass is 362 g/mol. The van der Waals surface area contributed by atoms with Crippen molar-refractivity contribution in [3.63, 3.8) is 0 Å². The van der Waals surface area contributed by atoms with E-state index in [0.717, 1.165) is 17.3 Å². The van der Waals surface area contributed by atoms with Crippen LogP contribution in [0.1, 0.15) is 27.2 Å². The first-order chi connectivity index (χ1) is 12.0. The van der Waals surface area contributed by atoms with E-state index in [1.807, 2.05) is 35.8 Å². The van der Waals surface area contributed by atoms with Crippen LogP contribution in [-0.2, 0) is 11.3 Å². The summed E-state index contributed by atoms with van der Waals surface area (Å²) in [6, 6.07) is 7.77. The highest BCUT2D eigenvalue weighted by Gasteiger charge is 2.16. The molecule has 0 radical (unpaired) electrons. The number of hydrogen-bond acceptors (Lipinski definition) is 4. The number of rotatable bonds is 8. The lowest BCUT2D eigenvalue weighted by Crippen LogP contribution is -2.21. The van der Waals surface area contributed by atoms with Crippen LogP contribution >= 0.6 is 12.2 Å². The summed E-state index contributed by atoms with van der Waals surface area (Å²) in [6.45, 7) is 8.97. The summed E-state index contributed by atoms with van der Waals surface area (Å²) >= 11 is 5.17. The van der Waals surface area contributed by atoms with Gasteiger partial charge in [-0.25, -0.2) is 0 Å². The Hall–Kier alpha value is -1.99. The van der Waals surface area contributed by atoms with Crippen molar-refractivity contribution in [3.05, 3.63) is 24.3 Å². The SMILES string of the molecule is CCOCCCNC(=S)N=Nc1c(O)n(CC(C)C)c2ccccc12. The Morgan fingerprint density at radius 2 is 2.12 bits per heavy atom. The molecule has 0 atom stereocenters. The van der Waals surface area contributed by atoms with Gasteiger partial charge in [-0.2, -0.15) is 0 Å². The van der Waals surface area contributed by atoms with Crippen LogP contribution in [0.2, 0.25) is 0 Å². The molecular formula is C18H26N4O2S. The van der Waals surface area contributed by atoms with Gasteiger partial charge in [-0.05, 0) is 37.5 Å². The van der Waals surface area contributed by atoms with E-state index in [1.165, 1.54) is 0 Å². The topological polar surface area (TPSA) is 71.1 Å². The van der Waals surface area contributed by atoms with Crippen molar-refractivity contribution < 1.29 is 9.84 Å². The van der Waals surface area contributed by atoms with E-state index in [0.29, 0.717) is 43.0 Å². The second-order valence-corrected chi connectivity index (χ2v) is 6.56. The fourth-order valence-electron chi connectivity index (χ4n) is 2.56. The van der Waals surface area contributed by atoms with Gasteiger partial charge in [0.2, 0.25) is 11.0 Å². The van der Waals surface area contributed by atoms with Crippen molar-refractivity contribution in [1.82, 2.24) is 9.88 Å². The lowest BCUT2D eigenvalue weighted by Gasteiger charge is -2.09. The summed E-state index contributed by atoms with van der Waals surface area (Å²) < 4.78 is 7.14. The average Bonchev–Trinajstić information content (AvgIpc) is 2.84. The summed E-state index contributed by atoms with van der Waals surface area (Å²) in [4.78, 5) is 0. The highest BCUT2D eigenvalue weighted by molar-refractivity contribution is 7.80. The zero-order chi connectivity index (χ0) is 18.2. The van der Waals surface area contributed by atoms with Gasteiger partial charge < -0.3 is 19.7 Å². The van der Waals surface area contributed by atoms with Gasteiger partial charge in [-0.15, -0.1) is 10.2 Å². The number of nitrogens with zero attached hydrogens (tertiary/aromatic N) is 3. The van der Waals surface area contributed by atoms with E-state index < -0.39 is 0 Å². The maximum Gasteiger partial charge on any atom is 0.220 e. The van der Waals surface area contributed by atoms with Gasteiger partial charge >= 0.3 is 0 Å². The largest absolute Gasteiger partial charge is 0.493 e. The molecule has 0 aliphatic heterocycles. The van der Waals surface area contributed by atoms with Gasteiger partial charge in [-0.3, -0.25) is 0 Å². The van der Waals surface area contributed by atoms with E-state index in [1.54, 1.807) is 0 Å². The van der Waals surface area contributed by atoms with Crippen LogP contribution in [0.15, 0.2) is 34.5 Å². The predicted octanol–water partition coefficient (Wildman–Crippen LogP) is 4.39. The quantitative estimate of drug-likeness (QED) is 0.415. The molecule has 1 aromatic heterocycles. The molecule has 0 saturated carbocycles. The Morgan fingerprint density at radius 3 is 2.84 bits per heavy atom. The van der Waals surface area contributed by atoms with Crippen LogP contribution in [0.5, 0.6) is 5.88 Å². The third-order valence-corrected chi connectivity index (χ3v) is 3.88. The minimum Gasteiger partial charge on any atom is -0.493 e. The zero-order valence-electron chi connectivity index (χ0n) is 15.0.